The predicted molar refractivity (Wildman–Crippen MR) is 70.8 cm³/mol. The van der Waals surface area contributed by atoms with Gasteiger partial charge < -0.3 is 21.2 Å². The highest BCUT2D eigenvalue weighted by molar-refractivity contribution is 5.80. The summed E-state index contributed by atoms with van der Waals surface area (Å²) in [6.45, 7) is 0.749. The molecule has 1 aromatic rings. The highest BCUT2D eigenvalue weighted by Gasteiger charge is 2.34. The molecule has 1 fully saturated rings. The quantitative estimate of drug-likeness (QED) is 0.263. The first-order chi connectivity index (χ1) is 9.11. The molecule has 0 bridgehead atoms. The zero-order valence-electron chi connectivity index (χ0n) is 10.6. The smallest absolute Gasteiger partial charge is 0.141 e. The zero-order chi connectivity index (χ0) is 13.8. The number of hydrogen-bond acceptors (Lipinski definition) is 5. The van der Waals surface area contributed by atoms with Gasteiger partial charge in [0.15, 0.2) is 0 Å². The minimum Gasteiger partial charge on any atom is -0.409 e. The largest absolute Gasteiger partial charge is 0.409 e. The fourth-order valence-electron chi connectivity index (χ4n) is 2.42. The Kier molecular flexibility index (Phi) is 4.36. The molecule has 104 valence electrons. The monoisotopic (exact) mass is 265 g/mol. The molecule has 0 aliphatic carbocycles. The van der Waals surface area contributed by atoms with Gasteiger partial charge in [-0.15, -0.1) is 0 Å². The van der Waals surface area contributed by atoms with Gasteiger partial charge in [-0.1, -0.05) is 35.5 Å². The minimum atomic E-state index is -0.751. The number of β-amino-alcohol motifs (C(OH)–C–C–N with tert-alkyl or cyclic N) is 2. The molecule has 1 heterocycles. The van der Waals surface area contributed by atoms with E-state index in [1.165, 1.54) is 0 Å². The lowest BCUT2D eigenvalue weighted by molar-refractivity contribution is 0.0572. The van der Waals surface area contributed by atoms with Crippen LogP contribution in [-0.2, 0) is 0 Å². The van der Waals surface area contributed by atoms with Gasteiger partial charge in [0, 0.05) is 25.6 Å². The van der Waals surface area contributed by atoms with Crippen molar-refractivity contribution in [2.75, 3.05) is 13.1 Å². The van der Waals surface area contributed by atoms with Gasteiger partial charge in [0.2, 0.25) is 0 Å². The molecule has 6 heteroatoms. The molecule has 0 saturated carbocycles. The van der Waals surface area contributed by atoms with Crippen LogP contribution in [0.1, 0.15) is 18.0 Å². The Morgan fingerprint density at radius 2 is 1.84 bits per heavy atom. The first-order valence-electron chi connectivity index (χ1n) is 6.23. The second-order valence-electron chi connectivity index (χ2n) is 4.81. The summed E-state index contributed by atoms with van der Waals surface area (Å²) in [5.41, 5.74) is 6.61. The summed E-state index contributed by atoms with van der Waals surface area (Å²) in [6.07, 6.45) is -1.16. The van der Waals surface area contributed by atoms with Gasteiger partial charge in [-0.2, -0.15) is 0 Å². The van der Waals surface area contributed by atoms with Crippen LogP contribution >= 0.6 is 0 Å². The van der Waals surface area contributed by atoms with Gasteiger partial charge in [-0.3, -0.25) is 4.90 Å². The molecule has 1 aliphatic heterocycles. The van der Waals surface area contributed by atoms with Gasteiger partial charge in [-0.05, 0) is 5.56 Å². The summed E-state index contributed by atoms with van der Waals surface area (Å²) in [5.74, 6) is 0.129. The van der Waals surface area contributed by atoms with Gasteiger partial charge in [0.25, 0.3) is 0 Å². The summed E-state index contributed by atoms with van der Waals surface area (Å²) in [6, 6.07) is 9.52. The standard InChI is InChI=1S/C13H19N3O3/c14-13(15-19)6-10(9-4-2-1-3-5-9)16-7-11(17)12(18)8-16/h1-5,10-12,17-19H,6-8H2,(H2,14,15). The number of rotatable bonds is 4. The van der Waals surface area contributed by atoms with Crippen molar-refractivity contribution in [1.29, 1.82) is 0 Å². The van der Waals surface area contributed by atoms with Gasteiger partial charge in [0.05, 0.1) is 12.2 Å². The molecule has 5 N–H and O–H groups in total. The van der Waals surface area contributed by atoms with E-state index >= 15 is 0 Å². The van der Waals surface area contributed by atoms with E-state index in [2.05, 4.69) is 5.16 Å². The van der Waals surface area contributed by atoms with Crippen molar-refractivity contribution < 1.29 is 15.4 Å². The molecule has 2 rings (SSSR count). The Hall–Kier alpha value is -1.63. The maximum Gasteiger partial charge on any atom is 0.141 e. The van der Waals surface area contributed by atoms with Crippen LogP contribution < -0.4 is 5.73 Å². The number of aliphatic hydroxyl groups excluding tert-OH is 2. The van der Waals surface area contributed by atoms with E-state index < -0.39 is 12.2 Å². The average molecular weight is 265 g/mol. The molecule has 6 nitrogen and oxygen atoms in total. The molecule has 0 radical (unpaired) electrons. The van der Waals surface area contributed by atoms with E-state index in [0.29, 0.717) is 19.5 Å². The van der Waals surface area contributed by atoms with E-state index in [1.54, 1.807) is 0 Å². The highest BCUT2D eigenvalue weighted by Crippen LogP contribution is 2.28. The van der Waals surface area contributed by atoms with Crippen molar-refractivity contribution in [3.63, 3.8) is 0 Å². The molecule has 3 unspecified atom stereocenters. The second-order valence-corrected chi connectivity index (χ2v) is 4.81. The Bertz CT molecular complexity index is 428. The van der Waals surface area contributed by atoms with Crippen molar-refractivity contribution in [2.24, 2.45) is 10.9 Å². The molecule has 0 spiro atoms. The number of likely N-dealkylation sites (tertiary alicyclic amines) is 1. The summed E-state index contributed by atoms with van der Waals surface area (Å²) in [5, 5.41) is 31.0. The minimum absolute atomic E-state index is 0.121. The van der Waals surface area contributed by atoms with Crippen LogP contribution in [0.3, 0.4) is 0 Å². The summed E-state index contributed by atoms with van der Waals surface area (Å²) in [4.78, 5) is 1.95. The maximum absolute atomic E-state index is 9.65. The van der Waals surface area contributed by atoms with Crippen LogP contribution in [0, 0.1) is 0 Å². The Labute approximate surface area is 111 Å². The lowest BCUT2D eigenvalue weighted by Gasteiger charge is -2.27. The molecule has 1 aliphatic rings. The number of nitrogens with zero attached hydrogens (tertiary/aromatic N) is 2. The Balaban J connectivity index is 2.20. The first kappa shape index (κ1) is 13.8. The van der Waals surface area contributed by atoms with Crippen LogP contribution in [0.2, 0.25) is 0 Å². The molecule has 1 aromatic carbocycles. The molecular weight excluding hydrogens is 246 g/mol. The van der Waals surface area contributed by atoms with Crippen LogP contribution in [0.5, 0.6) is 0 Å². The SMILES string of the molecule is N/C(CC(c1ccccc1)N1CC(O)C(O)C1)=N/O. The fraction of sp³-hybridized carbons (Fsp3) is 0.462. The topological polar surface area (TPSA) is 102 Å². The zero-order valence-corrected chi connectivity index (χ0v) is 10.6. The van der Waals surface area contributed by atoms with E-state index in [0.717, 1.165) is 5.56 Å². The third-order valence-corrected chi connectivity index (χ3v) is 3.44. The van der Waals surface area contributed by atoms with Crippen LogP contribution in [0.4, 0.5) is 0 Å². The molecule has 1 saturated heterocycles. The number of nitrogens with two attached hydrogens (primary N) is 1. The number of oxime groups is 1. The maximum atomic E-state index is 9.65. The molecular formula is C13H19N3O3. The summed E-state index contributed by atoms with van der Waals surface area (Å²) in [7, 11) is 0. The fourth-order valence-corrected chi connectivity index (χ4v) is 2.42. The number of aliphatic hydroxyl groups is 2. The Morgan fingerprint density at radius 3 is 2.37 bits per heavy atom. The second kappa shape index (κ2) is 6.01. The third kappa shape index (κ3) is 3.23. The molecule has 0 aromatic heterocycles. The van der Waals surface area contributed by atoms with Crippen LogP contribution in [-0.4, -0.2) is 51.5 Å². The van der Waals surface area contributed by atoms with Gasteiger partial charge in [-0.25, -0.2) is 0 Å². The van der Waals surface area contributed by atoms with Crippen molar-refractivity contribution in [3.05, 3.63) is 35.9 Å². The number of benzene rings is 1. The lowest BCUT2D eigenvalue weighted by Crippen LogP contribution is -2.31. The average Bonchev–Trinajstić information content (AvgIpc) is 2.76. The summed E-state index contributed by atoms with van der Waals surface area (Å²) < 4.78 is 0. The molecule has 19 heavy (non-hydrogen) atoms. The predicted octanol–water partition coefficient (Wildman–Crippen LogP) is -0.0984. The summed E-state index contributed by atoms with van der Waals surface area (Å²) >= 11 is 0. The van der Waals surface area contributed by atoms with E-state index in [4.69, 9.17) is 10.9 Å². The highest BCUT2D eigenvalue weighted by atomic mass is 16.4. The van der Waals surface area contributed by atoms with Gasteiger partial charge in [0.1, 0.15) is 5.84 Å². The van der Waals surface area contributed by atoms with Crippen LogP contribution in [0.15, 0.2) is 35.5 Å². The van der Waals surface area contributed by atoms with Crippen molar-refractivity contribution in [1.82, 2.24) is 4.90 Å². The van der Waals surface area contributed by atoms with Crippen LogP contribution in [0.25, 0.3) is 0 Å². The first-order valence-corrected chi connectivity index (χ1v) is 6.23. The molecule has 0 amide bonds. The lowest BCUT2D eigenvalue weighted by atomic mass is 10.0. The Morgan fingerprint density at radius 1 is 1.26 bits per heavy atom. The van der Waals surface area contributed by atoms with Gasteiger partial charge >= 0.3 is 0 Å². The molecule has 3 atom stereocenters. The van der Waals surface area contributed by atoms with Crippen molar-refractivity contribution >= 4 is 5.84 Å². The normalized spacial score (nSPS) is 26.5. The third-order valence-electron chi connectivity index (χ3n) is 3.44. The van der Waals surface area contributed by atoms with E-state index in [-0.39, 0.29) is 11.9 Å². The van der Waals surface area contributed by atoms with Crippen molar-refractivity contribution in [3.8, 4) is 0 Å². The van der Waals surface area contributed by atoms with E-state index in [1.807, 2.05) is 35.2 Å². The number of hydrogen-bond donors (Lipinski definition) is 4. The van der Waals surface area contributed by atoms with E-state index in [9.17, 15) is 10.2 Å². The number of amidine groups is 1. The van der Waals surface area contributed by atoms with Crippen molar-refractivity contribution in [2.45, 2.75) is 24.7 Å².